The maximum absolute atomic E-state index is 13.3. The molecular weight excluding hydrogens is 317 g/mol. The van der Waals surface area contributed by atoms with Crippen LogP contribution in [0.25, 0.3) is 0 Å². The van der Waals surface area contributed by atoms with Gasteiger partial charge in [-0.15, -0.1) is 0 Å². The molecule has 1 heterocycles. The van der Waals surface area contributed by atoms with Crippen molar-refractivity contribution in [1.82, 2.24) is 9.97 Å². The van der Waals surface area contributed by atoms with Crippen LogP contribution in [0.15, 0.2) is 28.9 Å². The summed E-state index contributed by atoms with van der Waals surface area (Å²) >= 11 is 8.67. The maximum atomic E-state index is 13.3. The Labute approximate surface area is 109 Å². The van der Waals surface area contributed by atoms with Gasteiger partial charge in [-0.05, 0) is 39.7 Å². The van der Waals surface area contributed by atoms with Crippen LogP contribution in [0.3, 0.4) is 0 Å². The van der Waals surface area contributed by atoms with Crippen molar-refractivity contribution in [2.24, 2.45) is 0 Å². The van der Waals surface area contributed by atoms with Crippen LogP contribution in [0.2, 0.25) is 5.28 Å². The minimum atomic E-state index is -0.701. The molecule has 0 fully saturated rings. The molecule has 3 nitrogen and oxygen atoms in total. The standard InChI is InChI=1S/C10H4BrClF2N2O/c11-6-4-15-10(12)16-9(6)17-8-3-5(13)1-2-7(8)14/h1-4H. The Balaban J connectivity index is 2.37. The first-order valence-corrected chi connectivity index (χ1v) is 5.54. The molecule has 1 aromatic heterocycles. The second-order valence-electron chi connectivity index (χ2n) is 2.97. The van der Waals surface area contributed by atoms with E-state index in [2.05, 4.69) is 25.9 Å². The minimum Gasteiger partial charge on any atom is -0.435 e. The highest BCUT2D eigenvalue weighted by molar-refractivity contribution is 9.10. The molecule has 2 rings (SSSR count). The van der Waals surface area contributed by atoms with Crippen LogP contribution in [0.1, 0.15) is 0 Å². The number of halogens is 4. The van der Waals surface area contributed by atoms with E-state index < -0.39 is 11.6 Å². The molecule has 0 amide bonds. The molecule has 0 bridgehead atoms. The van der Waals surface area contributed by atoms with Gasteiger partial charge in [0.05, 0.1) is 4.47 Å². The van der Waals surface area contributed by atoms with Crippen LogP contribution in [-0.4, -0.2) is 9.97 Å². The smallest absolute Gasteiger partial charge is 0.238 e. The summed E-state index contributed by atoms with van der Waals surface area (Å²) in [6.45, 7) is 0. The molecular formula is C10H4BrClF2N2O. The lowest BCUT2D eigenvalue weighted by Crippen LogP contribution is -1.94. The summed E-state index contributed by atoms with van der Waals surface area (Å²) in [4.78, 5) is 7.42. The average Bonchev–Trinajstić information content (AvgIpc) is 2.28. The lowest BCUT2D eigenvalue weighted by molar-refractivity contribution is 0.419. The molecule has 0 aliphatic carbocycles. The van der Waals surface area contributed by atoms with E-state index in [1.165, 1.54) is 6.20 Å². The number of benzene rings is 1. The highest BCUT2D eigenvalue weighted by Crippen LogP contribution is 2.29. The topological polar surface area (TPSA) is 35.0 Å². The number of rotatable bonds is 2. The Morgan fingerprint density at radius 3 is 2.82 bits per heavy atom. The SMILES string of the molecule is Fc1ccc(F)c(Oc2nc(Cl)ncc2Br)c1. The lowest BCUT2D eigenvalue weighted by atomic mass is 10.3. The van der Waals surface area contributed by atoms with E-state index in [9.17, 15) is 8.78 Å². The Morgan fingerprint density at radius 1 is 1.29 bits per heavy atom. The number of nitrogens with zero attached hydrogens (tertiary/aromatic N) is 2. The van der Waals surface area contributed by atoms with Crippen molar-refractivity contribution >= 4 is 27.5 Å². The first-order valence-electron chi connectivity index (χ1n) is 4.37. The van der Waals surface area contributed by atoms with Crippen molar-refractivity contribution in [3.63, 3.8) is 0 Å². The van der Waals surface area contributed by atoms with Crippen LogP contribution < -0.4 is 4.74 Å². The summed E-state index contributed by atoms with van der Waals surface area (Å²) in [7, 11) is 0. The fourth-order valence-corrected chi connectivity index (χ4v) is 1.46. The van der Waals surface area contributed by atoms with E-state index in [-0.39, 0.29) is 16.9 Å². The predicted octanol–water partition coefficient (Wildman–Crippen LogP) is 3.96. The number of aromatic nitrogens is 2. The van der Waals surface area contributed by atoms with Crippen LogP contribution in [-0.2, 0) is 0 Å². The monoisotopic (exact) mass is 320 g/mol. The molecule has 0 radical (unpaired) electrons. The summed E-state index contributed by atoms with van der Waals surface area (Å²) in [5.74, 6) is -1.58. The Bertz CT molecular complexity index is 518. The largest absolute Gasteiger partial charge is 0.435 e. The van der Waals surface area contributed by atoms with Crippen molar-refractivity contribution in [3.8, 4) is 11.6 Å². The van der Waals surface area contributed by atoms with Crippen molar-refractivity contribution in [2.45, 2.75) is 0 Å². The molecule has 0 saturated heterocycles. The molecule has 0 aliphatic heterocycles. The molecule has 0 unspecified atom stereocenters. The normalized spacial score (nSPS) is 10.4. The number of hydrogen-bond donors (Lipinski definition) is 0. The molecule has 1 aromatic carbocycles. The first-order chi connectivity index (χ1) is 8.06. The van der Waals surface area contributed by atoms with Gasteiger partial charge in [0.1, 0.15) is 5.82 Å². The van der Waals surface area contributed by atoms with Crippen LogP contribution in [0.4, 0.5) is 8.78 Å². The molecule has 0 aliphatic rings. The van der Waals surface area contributed by atoms with Crippen molar-refractivity contribution in [3.05, 3.63) is 45.8 Å². The molecule has 2 aromatic rings. The zero-order valence-electron chi connectivity index (χ0n) is 8.12. The third-order valence-corrected chi connectivity index (χ3v) is 2.51. The zero-order valence-corrected chi connectivity index (χ0v) is 10.5. The van der Waals surface area contributed by atoms with Gasteiger partial charge in [0.25, 0.3) is 0 Å². The van der Waals surface area contributed by atoms with E-state index in [1.54, 1.807) is 0 Å². The molecule has 0 saturated carbocycles. The number of ether oxygens (including phenoxy) is 1. The highest BCUT2D eigenvalue weighted by atomic mass is 79.9. The predicted molar refractivity (Wildman–Crippen MR) is 61.2 cm³/mol. The van der Waals surface area contributed by atoms with Gasteiger partial charge in [0.15, 0.2) is 11.6 Å². The Kier molecular flexibility index (Phi) is 3.54. The average molecular weight is 322 g/mol. The second-order valence-corrected chi connectivity index (χ2v) is 4.16. The molecule has 0 N–H and O–H groups in total. The van der Waals surface area contributed by atoms with Crippen molar-refractivity contribution in [1.29, 1.82) is 0 Å². The molecule has 7 heteroatoms. The number of hydrogen-bond acceptors (Lipinski definition) is 3. The van der Waals surface area contributed by atoms with Crippen LogP contribution >= 0.6 is 27.5 Å². The van der Waals surface area contributed by atoms with Crippen LogP contribution in [0.5, 0.6) is 11.6 Å². The third kappa shape index (κ3) is 2.89. The third-order valence-electron chi connectivity index (χ3n) is 1.78. The second kappa shape index (κ2) is 4.93. The Hall–Kier alpha value is -1.27. The van der Waals surface area contributed by atoms with E-state index >= 15 is 0 Å². The fraction of sp³-hybridized carbons (Fsp3) is 0. The fourth-order valence-electron chi connectivity index (χ4n) is 1.06. The minimum absolute atomic E-state index is 0.00880. The molecule has 88 valence electrons. The summed E-state index contributed by atoms with van der Waals surface area (Å²) in [5, 5.41) is -0.0555. The Morgan fingerprint density at radius 2 is 2.06 bits per heavy atom. The summed E-state index contributed by atoms with van der Waals surface area (Å²) in [5.41, 5.74) is 0. The molecule has 0 atom stereocenters. The van der Waals surface area contributed by atoms with Gasteiger partial charge in [0.2, 0.25) is 11.2 Å². The van der Waals surface area contributed by atoms with E-state index in [0.717, 1.165) is 18.2 Å². The molecule has 0 spiro atoms. The lowest BCUT2D eigenvalue weighted by Gasteiger charge is -2.07. The van der Waals surface area contributed by atoms with Gasteiger partial charge >= 0.3 is 0 Å². The first kappa shape index (κ1) is 12.2. The van der Waals surface area contributed by atoms with Crippen molar-refractivity contribution < 1.29 is 13.5 Å². The summed E-state index contributed by atoms with van der Waals surface area (Å²) in [6, 6.07) is 2.86. The van der Waals surface area contributed by atoms with Gasteiger partial charge in [0, 0.05) is 12.3 Å². The van der Waals surface area contributed by atoms with Gasteiger partial charge in [-0.3, -0.25) is 0 Å². The zero-order chi connectivity index (χ0) is 12.4. The van der Waals surface area contributed by atoms with Gasteiger partial charge in [-0.25, -0.2) is 13.8 Å². The van der Waals surface area contributed by atoms with Gasteiger partial charge in [-0.2, -0.15) is 4.98 Å². The van der Waals surface area contributed by atoms with Gasteiger partial charge < -0.3 is 4.74 Å². The van der Waals surface area contributed by atoms with Crippen molar-refractivity contribution in [2.75, 3.05) is 0 Å². The van der Waals surface area contributed by atoms with E-state index in [1.807, 2.05) is 0 Å². The summed E-state index contributed by atoms with van der Waals surface area (Å²) in [6.07, 6.45) is 1.35. The van der Waals surface area contributed by atoms with Gasteiger partial charge in [-0.1, -0.05) is 0 Å². The molecule has 17 heavy (non-hydrogen) atoms. The van der Waals surface area contributed by atoms with Crippen LogP contribution in [0, 0.1) is 11.6 Å². The van der Waals surface area contributed by atoms with E-state index in [0.29, 0.717) is 4.47 Å². The quantitative estimate of drug-likeness (QED) is 0.785. The maximum Gasteiger partial charge on any atom is 0.238 e. The van der Waals surface area contributed by atoms with E-state index in [4.69, 9.17) is 16.3 Å². The highest BCUT2D eigenvalue weighted by Gasteiger charge is 2.11. The summed E-state index contributed by atoms with van der Waals surface area (Å²) < 4.78 is 31.7.